The van der Waals surface area contributed by atoms with E-state index in [1.54, 1.807) is 24.1 Å². The van der Waals surface area contributed by atoms with Crippen LogP contribution in [0.1, 0.15) is 61.7 Å². The average Bonchev–Trinajstić information content (AvgIpc) is 3.98. The van der Waals surface area contributed by atoms with E-state index in [-0.39, 0.29) is 11.9 Å². The lowest BCUT2D eigenvalue weighted by Crippen LogP contribution is -2.49. The first-order chi connectivity index (χ1) is 24.1. The summed E-state index contributed by atoms with van der Waals surface area (Å²) in [5.41, 5.74) is 3.47. The van der Waals surface area contributed by atoms with Crippen LogP contribution in [-0.4, -0.2) is 90.1 Å². The molecule has 266 valence electrons. The lowest BCUT2D eigenvalue weighted by atomic mass is 10.0. The molecular weight excluding hydrogens is 659 g/mol. The summed E-state index contributed by atoms with van der Waals surface area (Å²) in [4.78, 5) is 38.1. The summed E-state index contributed by atoms with van der Waals surface area (Å²) in [5.74, 6) is 2.91. The zero-order valence-corrected chi connectivity index (χ0v) is 29.7. The highest BCUT2D eigenvalue weighted by Crippen LogP contribution is 2.39. The van der Waals surface area contributed by atoms with Gasteiger partial charge >= 0.3 is 6.09 Å². The molecule has 1 atom stereocenters. The van der Waals surface area contributed by atoms with Gasteiger partial charge in [0.1, 0.15) is 22.7 Å². The molecule has 13 nitrogen and oxygen atoms in total. The molecule has 1 N–H and O–H groups in total. The van der Waals surface area contributed by atoms with Crippen LogP contribution in [0.5, 0.6) is 5.75 Å². The molecule has 1 unspecified atom stereocenters. The molecule has 3 aliphatic carbocycles. The van der Waals surface area contributed by atoms with Crippen LogP contribution in [0.15, 0.2) is 30.3 Å². The predicted molar refractivity (Wildman–Crippen MR) is 190 cm³/mol. The molecule has 1 aromatic carbocycles. The minimum atomic E-state index is -3.50. The SMILES string of the molecule is COc1cc(C(=O)N2CCCC(NC(=O)OCC3CC3)C2)cc2nc(-c3cc4ccc(N(CC5CC5)S(C)(=O)=O)nc4n3CC3CC3)n(C)c12. The van der Waals surface area contributed by atoms with E-state index in [2.05, 4.69) is 16.0 Å². The first-order valence-corrected chi connectivity index (χ1v) is 19.7. The number of pyridine rings is 1. The van der Waals surface area contributed by atoms with Crippen LogP contribution in [0.3, 0.4) is 0 Å². The Kier molecular flexibility index (Phi) is 8.39. The Bertz CT molecular complexity index is 2080. The molecule has 2 amide bonds. The predicted octanol–water partition coefficient (Wildman–Crippen LogP) is 4.93. The number of amides is 2. The summed E-state index contributed by atoms with van der Waals surface area (Å²) in [7, 11) is 0.0356. The van der Waals surface area contributed by atoms with E-state index in [4.69, 9.17) is 19.4 Å². The van der Waals surface area contributed by atoms with Crippen molar-refractivity contribution in [2.24, 2.45) is 24.8 Å². The third-order valence-corrected chi connectivity index (χ3v) is 11.6. The number of methoxy groups -OCH3 is 1. The van der Waals surface area contributed by atoms with E-state index < -0.39 is 16.1 Å². The highest BCUT2D eigenvalue weighted by Gasteiger charge is 2.32. The second-order valence-corrected chi connectivity index (χ2v) is 16.6. The van der Waals surface area contributed by atoms with Gasteiger partial charge in [-0.25, -0.2) is 23.2 Å². The molecule has 3 saturated carbocycles. The number of nitrogens with one attached hydrogen (secondary N) is 1. The number of alkyl carbamates (subject to hydrolysis) is 1. The molecule has 4 aliphatic rings. The molecular formula is C36H45N7O6S. The van der Waals surface area contributed by atoms with Gasteiger partial charge in [-0.1, -0.05) is 0 Å². The topological polar surface area (TPSA) is 141 Å². The summed E-state index contributed by atoms with van der Waals surface area (Å²) in [6, 6.07) is 9.22. The van der Waals surface area contributed by atoms with E-state index >= 15 is 0 Å². The molecule has 1 saturated heterocycles. The normalized spacial score (nSPS) is 19.6. The molecule has 1 aliphatic heterocycles. The van der Waals surface area contributed by atoms with Crippen molar-refractivity contribution < 1.29 is 27.5 Å². The van der Waals surface area contributed by atoms with Crippen molar-refractivity contribution in [1.82, 2.24) is 29.3 Å². The highest BCUT2D eigenvalue weighted by atomic mass is 32.2. The van der Waals surface area contributed by atoms with E-state index in [0.717, 1.165) is 80.2 Å². The molecule has 3 aromatic heterocycles. The molecule has 4 heterocycles. The number of aryl methyl sites for hydroxylation is 1. The van der Waals surface area contributed by atoms with Gasteiger partial charge in [0.2, 0.25) is 10.0 Å². The summed E-state index contributed by atoms with van der Waals surface area (Å²) < 4.78 is 42.5. The van der Waals surface area contributed by atoms with Gasteiger partial charge in [0.15, 0.2) is 5.82 Å². The number of nitrogens with zero attached hydrogens (tertiary/aromatic N) is 6. The number of imidazole rings is 1. The third-order valence-electron chi connectivity index (χ3n) is 10.5. The van der Waals surface area contributed by atoms with E-state index in [0.29, 0.717) is 72.5 Å². The maximum Gasteiger partial charge on any atom is 0.407 e. The minimum Gasteiger partial charge on any atom is -0.494 e. The number of rotatable bonds is 12. The number of sulfonamides is 1. The van der Waals surface area contributed by atoms with Crippen molar-refractivity contribution in [3.8, 4) is 17.3 Å². The first kappa shape index (κ1) is 32.9. The molecule has 4 aromatic rings. The van der Waals surface area contributed by atoms with Gasteiger partial charge in [-0.05, 0) is 99.5 Å². The first-order valence-electron chi connectivity index (χ1n) is 17.8. The van der Waals surface area contributed by atoms with Gasteiger partial charge in [-0.3, -0.25) is 9.10 Å². The number of hydrogen-bond acceptors (Lipinski definition) is 8. The van der Waals surface area contributed by atoms with Crippen LogP contribution in [0, 0.1) is 17.8 Å². The summed E-state index contributed by atoms with van der Waals surface area (Å²) in [6.07, 6.45) is 8.93. The number of aromatic nitrogens is 4. The van der Waals surface area contributed by atoms with Crippen LogP contribution in [-0.2, 0) is 28.4 Å². The standard InChI is InChI=1S/C36H45N7O6S/c1-40-32-28(15-26(17-30(32)48-2)35(44)41-14-4-5-27(20-41)37-36(45)49-21-24-10-11-24)38-34(40)29-16-25-12-13-31(39-33(25)42(29)18-22-6-7-22)43(50(3,46)47)19-23-8-9-23/h12-13,15-17,22-24,27H,4-11,14,18-21H2,1-3H3,(H,37,45). The maximum absolute atomic E-state index is 13.9. The molecule has 4 fully saturated rings. The molecule has 8 rings (SSSR count). The Hall–Kier alpha value is -4.33. The Morgan fingerprint density at radius 2 is 1.76 bits per heavy atom. The average molecular weight is 704 g/mol. The smallest absolute Gasteiger partial charge is 0.407 e. The van der Waals surface area contributed by atoms with Gasteiger partial charge in [-0.2, -0.15) is 0 Å². The fourth-order valence-electron chi connectivity index (χ4n) is 7.09. The highest BCUT2D eigenvalue weighted by molar-refractivity contribution is 7.92. The van der Waals surface area contributed by atoms with Crippen molar-refractivity contribution in [3.05, 3.63) is 35.9 Å². The number of ether oxygens (including phenoxy) is 2. The van der Waals surface area contributed by atoms with Gasteiger partial charge in [0.05, 0.1) is 31.2 Å². The van der Waals surface area contributed by atoms with E-state index in [9.17, 15) is 18.0 Å². The number of carbonyl (C=O) groups excluding carboxylic acids is 2. The van der Waals surface area contributed by atoms with Crippen LogP contribution < -0.4 is 14.4 Å². The summed E-state index contributed by atoms with van der Waals surface area (Å²) in [5, 5.41) is 3.85. The van der Waals surface area contributed by atoms with E-state index in [1.807, 2.05) is 23.7 Å². The Morgan fingerprint density at radius 1 is 1.00 bits per heavy atom. The molecule has 0 bridgehead atoms. The van der Waals surface area contributed by atoms with Crippen LogP contribution in [0.2, 0.25) is 0 Å². The molecule has 0 radical (unpaired) electrons. The zero-order chi connectivity index (χ0) is 34.7. The van der Waals surface area contributed by atoms with Crippen LogP contribution in [0.4, 0.5) is 10.6 Å². The quantitative estimate of drug-likeness (QED) is 0.219. The fourth-order valence-corrected chi connectivity index (χ4v) is 8.01. The number of benzene rings is 1. The van der Waals surface area contributed by atoms with Crippen molar-refractivity contribution in [2.75, 3.05) is 43.9 Å². The summed E-state index contributed by atoms with van der Waals surface area (Å²) in [6.45, 7) is 2.64. The van der Waals surface area contributed by atoms with Gasteiger partial charge in [-0.15, -0.1) is 0 Å². The third kappa shape index (κ3) is 6.73. The Labute approximate surface area is 292 Å². The monoisotopic (exact) mass is 703 g/mol. The number of carbonyl (C=O) groups is 2. The van der Waals surface area contributed by atoms with Crippen molar-refractivity contribution in [1.29, 1.82) is 0 Å². The second kappa shape index (κ2) is 12.8. The van der Waals surface area contributed by atoms with Gasteiger partial charge < -0.3 is 28.8 Å². The Balaban J connectivity index is 1.11. The number of piperidine rings is 1. The molecule has 0 spiro atoms. The largest absolute Gasteiger partial charge is 0.494 e. The van der Waals surface area contributed by atoms with Gasteiger partial charge in [0.25, 0.3) is 5.91 Å². The number of anilines is 1. The number of likely N-dealkylation sites (tertiary alicyclic amines) is 1. The van der Waals surface area contributed by atoms with Crippen molar-refractivity contribution in [3.63, 3.8) is 0 Å². The van der Waals surface area contributed by atoms with Crippen molar-refractivity contribution >= 4 is 49.9 Å². The lowest BCUT2D eigenvalue weighted by Gasteiger charge is -2.33. The van der Waals surface area contributed by atoms with Crippen LogP contribution in [0.25, 0.3) is 33.6 Å². The molecule has 50 heavy (non-hydrogen) atoms. The fraction of sp³-hybridized carbons (Fsp3) is 0.556. The van der Waals surface area contributed by atoms with E-state index in [1.165, 1.54) is 10.6 Å². The number of fused-ring (bicyclic) bond motifs is 2. The van der Waals surface area contributed by atoms with Crippen LogP contribution >= 0.6 is 0 Å². The summed E-state index contributed by atoms with van der Waals surface area (Å²) >= 11 is 0. The number of hydrogen-bond donors (Lipinski definition) is 1. The van der Waals surface area contributed by atoms with Gasteiger partial charge in [0, 0.05) is 50.2 Å². The zero-order valence-electron chi connectivity index (χ0n) is 28.9. The maximum atomic E-state index is 13.9. The Morgan fingerprint density at radius 3 is 2.46 bits per heavy atom. The molecule has 14 heteroatoms. The second-order valence-electron chi connectivity index (χ2n) is 14.7. The minimum absolute atomic E-state index is 0.142. The van der Waals surface area contributed by atoms with Crippen molar-refractivity contribution in [2.45, 2.75) is 64.0 Å². The lowest BCUT2D eigenvalue weighted by molar-refractivity contribution is 0.0683.